The Kier molecular flexibility index (Phi) is 5.79. The van der Waals surface area contributed by atoms with Gasteiger partial charge in [0, 0.05) is 16.8 Å². The molecule has 0 spiro atoms. The fraction of sp³-hybridized carbons (Fsp3) is 0.130. The number of halogens is 1. The molecule has 1 aromatic heterocycles. The molecule has 4 nitrogen and oxygen atoms in total. The molecule has 1 heterocycles. The molecule has 0 radical (unpaired) electrons. The summed E-state index contributed by atoms with van der Waals surface area (Å²) in [7, 11) is 0. The van der Waals surface area contributed by atoms with Gasteiger partial charge in [-0.2, -0.15) is 0 Å². The lowest BCUT2D eigenvalue weighted by atomic mass is 10.1. The van der Waals surface area contributed by atoms with Crippen LogP contribution in [0, 0.1) is 0 Å². The van der Waals surface area contributed by atoms with E-state index >= 15 is 0 Å². The average Bonchev–Trinajstić information content (AvgIpc) is 3.16. The SMILES string of the molecule is CCCOc1ccc(C(=O)Nc2ccc(-c3nc4ccccc4s3)c(Cl)c2)cc1. The third kappa shape index (κ3) is 4.42. The molecule has 146 valence electrons. The van der Waals surface area contributed by atoms with E-state index in [0.29, 0.717) is 22.9 Å². The summed E-state index contributed by atoms with van der Waals surface area (Å²) < 4.78 is 6.66. The van der Waals surface area contributed by atoms with Gasteiger partial charge >= 0.3 is 0 Å². The maximum Gasteiger partial charge on any atom is 0.255 e. The van der Waals surface area contributed by atoms with E-state index in [-0.39, 0.29) is 5.91 Å². The highest BCUT2D eigenvalue weighted by atomic mass is 35.5. The number of rotatable bonds is 6. The van der Waals surface area contributed by atoms with Crippen LogP contribution >= 0.6 is 22.9 Å². The van der Waals surface area contributed by atoms with Gasteiger partial charge < -0.3 is 10.1 Å². The van der Waals surface area contributed by atoms with Crippen LogP contribution in [0.15, 0.2) is 66.7 Å². The third-order valence-corrected chi connectivity index (χ3v) is 5.72. The summed E-state index contributed by atoms with van der Waals surface area (Å²) in [6, 6.07) is 20.5. The predicted octanol–water partition coefficient (Wildman–Crippen LogP) is 6.66. The van der Waals surface area contributed by atoms with Crippen LogP contribution in [-0.2, 0) is 0 Å². The first kappa shape index (κ1) is 19.4. The Morgan fingerprint density at radius 2 is 1.90 bits per heavy atom. The maximum absolute atomic E-state index is 12.5. The lowest BCUT2D eigenvalue weighted by Crippen LogP contribution is -2.11. The fourth-order valence-electron chi connectivity index (χ4n) is 2.88. The Labute approximate surface area is 178 Å². The van der Waals surface area contributed by atoms with E-state index in [1.54, 1.807) is 41.7 Å². The molecule has 0 aliphatic rings. The second kappa shape index (κ2) is 8.64. The zero-order valence-corrected chi connectivity index (χ0v) is 17.4. The fourth-order valence-corrected chi connectivity index (χ4v) is 4.21. The lowest BCUT2D eigenvalue weighted by molar-refractivity contribution is 0.102. The van der Waals surface area contributed by atoms with Crippen molar-refractivity contribution in [2.75, 3.05) is 11.9 Å². The van der Waals surface area contributed by atoms with Gasteiger partial charge in [-0.15, -0.1) is 11.3 Å². The van der Waals surface area contributed by atoms with Crippen LogP contribution < -0.4 is 10.1 Å². The van der Waals surface area contributed by atoms with Crippen molar-refractivity contribution in [3.8, 4) is 16.3 Å². The number of nitrogens with one attached hydrogen (secondary N) is 1. The number of anilines is 1. The van der Waals surface area contributed by atoms with Crippen molar-refractivity contribution < 1.29 is 9.53 Å². The number of thiazole rings is 1. The van der Waals surface area contributed by atoms with Gasteiger partial charge in [0.15, 0.2) is 0 Å². The Morgan fingerprint density at radius 3 is 2.62 bits per heavy atom. The minimum atomic E-state index is -0.198. The molecule has 4 rings (SSSR count). The normalized spacial score (nSPS) is 10.8. The third-order valence-electron chi connectivity index (χ3n) is 4.34. The van der Waals surface area contributed by atoms with Gasteiger partial charge in [0.05, 0.1) is 21.8 Å². The molecular weight excluding hydrogens is 404 g/mol. The zero-order valence-electron chi connectivity index (χ0n) is 15.8. The van der Waals surface area contributed by atoms with Gasteiger partial charge in [-0.3, -0.25) is 4.79 Å². The number of carbonyl (C=O) groups excluding carboxylic acids is 1. The standard InChI is InChI=1S/C23H19ClN2O2S/c1-2-13-28-17-10-7-15(8-11-17)22(27)25-16-9-12-18(19(24)14-16)23-26-20-5-3-4-6-21(20)29-23/h3-12,14H,2,13H2,1H3,(H,25,27). The number of hydrogen-bond acceptors (Lipinski definition) is 4. The van der Waals surface area contributed by atoms with E-state index in [1.165, 1.54) is 0 Å². The van der Waals surface area contributed by atoms with Gasteiger partial charge in [0.2, 0.25) is 0 Å². The van der Waals surface area contributed by atoms with E-state index in [2.05, 4.69) is 17.2 Å². The van der Waals surface area contributed by atoms with E-state index in [4.69, 9.17) is 16.3 Å². The van der Waals surface area contributed by atoms with Crippen molar-refractivity contribution in [2.24, 2.45) is 0 Å². The van der Waals surface area contributed by atoms with Gasteiger partial charge in [0.25, 0.3) is 5.91 Å². The molecule has 0 fully saturated rings. The molecule has 0 atom stereocenters. The number of nitrogens with zero attached hydrogens (tertiary/aromatic N) is 1. The summed E-state index contributed by atoms with van der Waals surface area (Å²) in [6.07, 6.45) is 0.940. The first-order chi connectivity index (χ1) is 14.1. The van der Waals surface area contributed by atoms with Crippen molar-refractivity contribution >= 4 is 44.7 Å². The molecular formula is C23H19ClN2O2S. The largest absolute Gasteiger partial charge is 0.494 e. The topological polar surface area (TPSA) is 51.2 Å². The number of carbonyl (C=O) groups is 1. The number of aromatic nitrogens is 1. The van der Waals surface area contributed by atoms with Crippen molar-refractivity contribution in [2.45, 2.75) is 13.3 Å². The quantitative estimate of drug-likeness (QED) is 0.378. The van der Waals surface area contributed by atoms with Crippen LogP contribution in [0.2, 0.25) is 5.02 Å². The second-order valence-corrected chi connectivity index (χ2v) is 7.95. The summed E-state index contributed by atoms with van der Waals surface area (Å²) in [6.45, 7) is 2.71. The van der Waals surface area contributed by atoms with Gasteiger partial charge in [0.1, 0.15) is 10.8 Å². The minimum absolute atomic E-state index is 0.198. The first-order valence-electron chi connectivity index (χ1n) is 9.34. The van der Waals surface area contributed by atoms with Crippen LogP contribution in [0.25, 0.3) is 20.8 Å². The molecule has 0 aliphatic heterocycles. The van der Waals surface area contributed by atoms with Crippen molar-refractivity contribution in [3.05, 3.63) is 77.3 Å². The summed E-state index contributed by atoms with van der Waals surface area (Å²) in [4.78, 5) is 17.2. The Bertz CT molecular complexity index is 1120. The molecule has 1 amide bonds. The van der Waals surface area contributed by atoms with Crippen molar-refractivity contribution in [3.63, 3.8) is 0 Å². The molecule has 0 bridgehead atoms. The highest BCUT2D eigenvalue weighted by molar-refractivity contribution is 7.21. The van der Waals surface area contributed by atoms with Crippen LogP contribution in [0.4, 0.5) is 5.69 Å². The average molecular weight is 423 g/mol. The molecule has 29 heavy (non-hydrogen) atoms. The van der Waals surface area contributed by atoms with E-state index in [9.17, 15) is 4.79 Å². The molecule has 0 aliphatic carbocycles. The lowest BCUT2D eigenvalue weighted by Gasteiger charge is -2.09. The first-order valence-corrected chi connectivity index (χ1v) is 10.5. The number of amides is 1. The van der Waals surface area contributed by atoms with Gasteiger partial charge in [-0.1, -0.05) is 30.7 Å². The summed E-state index contributed by atoms with van der Waals surface area (Å²) in [5.74, 6) is 0.558. The van der Waals surface area contributed by atoms with Gasteiger partial charge in [-0.05, 0) is 61.0 Å². The predicted molar refractivity (Wildman–Crippen MR) is 120 cm³/mol. The molecule has 0 saturated heterocycles. The van der Waals surface area contributed by atoms with Gasteiger partial charge in [-0.25, -0.2) is 4.98 Å². The van der Waals surface area contributed by atoms with E-state index < -0.39 is 0 Å². The van der Waals surface area contributed by atoms with Crippen LogP contribution in [-0.4, -0.2) is 17.5 Å². The summed E-state index contributed by atoms with van der Waals surface area (Å²) in [5.41, 5.74) is 2.99. The zero-order chi connectivity index (χ0) is 20.2. The molecule has 0 saturated carbocycles. The number of fused-ring (bicyclic) bond motifs is 1. The highest BCUT2D eigenvalue weighted by Gasteiger charge is 2.12. The Morgan fingerprint density at radius 1 is 1.10 bits per heavy atom. The molecule has 4 aromatic rings. The van der Waals surface area contributed by atoms with Crippen LogP contribution in [0.1, 0.15) is 23.7 Å². The molecule has 3 aromatic carbocycles. The highest BCUT2D eigenvalue weighted by Crippen LogP contribution is 2.35. The van der Waals surface area contributed by atoms with Crippen molar-refractivity contribution in [1.29, 1.82) is 0 Å². The Hall–Kier alpha value is -2.89. The number of hydrogen-bond donors (Lipinski definition) is 1. The number of para-hydroxylation sites is 1. The van der Waals surface area contributed by atoms with Crippen molar-refractivity contribution in [1.82, 2.24) is 4.98 Å². The van der Waals surface area contributed by atoms with E-state index in [1.807, 2.05) is 36.4 Å². The number of benzene rings is 3. The molecule has 1 N–H and O–H groups in total. The van der Waals surface area contributed by atoms with E-state index in [0.717, 1.165) is 33.0 Å². The molecule has 0 unspecified atom stereocenters. The summed E-state index contributed by atoms with van der Waals surface area (Å²) in [5, 5.41) is 4.29. The molecule has 6 heteroatoms. The smallest absolute Gasteiger partial charge is 0.255 e. The second-order valence-electron chi connectivity index (χ2n) is 6.51. The number of ether oxygens (including phenoxy) is 1. The summed E-state index contributed by atoms with van der Waals surface area (Å²) >= 11 is 8.08. The monoisotopic (exact) mass is 422 g/mol. The van der Waals surface area contributed by atoms with Crippen LogP contribution in [0.5, 0.6) is 5.75 Å². The minimum Gasteiger partial charge on any atom is -0.494 e. The maximum atomic E-state index is 12.5. The van der Waals surface area contributed by atoms with Crippen LogP contribution in [0.3, 0.4) is 0 Å². The Balaban J connectivity index is 1.49.